The maximum atomic E-state index is 12.9. The van der Waals surface area contributed by atoms with Gasteiger partial charge in [0.15, 0.2) is 0 Å². The van der Waals surface area contributed by atoms with Gasteiger partial charge in [-0.05, 0) is 41.7 Å². The molecule has 0 saturated carbocycles. The number of hydrogen-bond acceptors (Lipinski definition) is 4. The predicted molar refractivity (Wildman–Crippen MR) is 115 cm³/mol. The van der Waals surface area contributed by atoms with Gasteiger partial charge in [0, 0.05) is 31.2 Å². The molecule has 3 rings (SSSR count). The van der Waals surface area contributed by atoms with Gasteiger partial charge >= 0.3 is 0 Å². The molecule has 0 aliphatic carbocycles. The van der Waals surface area contributed by atoms with Gasteiger partial charge in [-0.2, -0.15) is 0 Å². The number of benzene rings is 1. The summed E-state index contributed by atoms with van der Waals surface area (Å²) in [4.78, 5) is 24.0. The van der Waals surface area contributed by atoms with Crippen LogP contribution in [0, 0.1) is 5.92 Å². The van der Waals surface area contributed by atoms with E-state index in [4.69, 9.17) is 0 Å². The van der Waals surface area contributed by atoms with Crippen molar-refractivity contribution in [1.82, 2.24) is 9.97 Å². The zero-order chi connectivity index (χ0) is 20.3. The number of amides is 1. The maximum absolute atomic E-state index is 12.9. The third kappa shape index (κ3) is 4.51. The topological polar surface area (TPSA) is 58.1 Å². The van der Waals surface area contributed by atoms with Crippen LogP contribution in [0.4, 0.5) is 11.6 Å². The van der Waals surface area contributed by atoms with Crippen LogP contribution in [-0.2, 0) is 0 Å². The fraction of sp³-hybridized carbons (Fsp3) is 0.522. The summed E-state index contributed by atoms with van der Waals surface area (Å²) in [6.45, 7) is 12.8. The Labute approximate surface area is 168 Å². The van der Waals surface area contributed by atoms with Gasteiger partial charge in [0.2, 0.25) is 5.95 Å². The molecule has 0 spiro atoms. The second kappa shape index (κ2) is 8.72. The molecule has 1 atom stereocenters. The van der Waals surface area contributed by atoms with Crippen LogP contribution in [0.15, 0.2) is 30.6 Å². The molecule has 1 fully saturated rings. The number of nitrogens with one attached hydrogen (secondary N) is 1. The van der Waals surface area contributed by atoms with Gasteiger partial charge in [-0.3, -0.25) is 4.79 Å². The molecule has 0 radical (unpaired) electrons. The Bertz CT molecular complexity index is 788. The minimum atomic E-state index is -0.159. The molecule has 0 bridgehead atoms. The van der Waals surface area contributed by atoms with Gasteiger partial charge in [0.25, 0.3) is 5.91 Å². The van der Waals surface area contributed by atoms with E-state index in [1.165, 1.54) is 6.42 Å². The molecule has 1 unspecified atom stereocenters. The summed E-state index contributed by atoms with van der Waals surface area (Å²) in [6.07, 6.45) is 5.70. The van der Waals surface area contributed by atoms with E-state index in [1.807, 2.05) is 0 Å². The lowest BCUT2D eigenvalue weighted by atomic mass is 9.92. The molecule has 2 aromatic rings. The molecule has 28 heavy (non-hydrogen) atoms. The first-order valence-corrected chi connectivity index (χ1v) is 10.4. The Morgan fingerprint density at radius 3 is 2.25 bits per heavy atom. The van der Waals surface area contributed by atoms with Crippen LogP contribution in [0.1, 0.15) is 80.8 Å². The largest absolute Gasteiger partial charge is 0.341 e. The maximum Gasteiger partial charge on any atom is 0.258 e. The molecule has 1 aromatic carbocycles. The van der Waals surface area contributed by atoms with Gasteiger partial charge in [-0.25, -0.2) is 9.97 Å². The average Bonchev–Trinajstić information content (AvgIpc) is 2.68. The molecule has 1 saturated heterocycles. The highest BCUT2D eigenvalue weighted by atomic mass is 16.1. The summed E-state index contributed by atoms with van der Waals surface area (Å²) < 4.78 is 0. The van der Waals surface area contributed by atoms with Crippen molar-refractivity contribution in [3.63, 3.8) is 0 Å². The third-order valence-corrected chi connectivity index (χ3v) is 5.45. The molecule has 150 valence electrons. The zero-order valence-corrected chi connectivity index (χ0v) is 17.7. The number of nitrogens with zero attached hydrogens (tertiary/aromatic N) is 3. The van der Waals surface area contributed by atoms with E-state index in [9.17, 15) is 4.79 Å². The number of para-hydroxylation sites is 1. The molecule has 1 N–H and O–H groups in total. The SMILES string of the molecule is CC1CCCN(c2ncc(C(=O)Nc3c(C(C)C)cccc3C(C)C)cn2)C1. The number of carbonyl (C=O) groups excluding carboxylic acids is 1. The van der Waals surface area contributed by atoms with E-state index in [1.54, 1.807) is 12.4 Å². The normalized spacial score (nSPS) is 17.2. The minimum Gasteiger partial charge on any atom is -0.341 e. The first-order valence-electron chi connectivity index (χ1n) is 10.4. The van der Waals surface area contributed by atoms with Gasteiger partial charge in [0.1, 0.15) is 0 Å². The van der Waals surface area contributed by atoms with Crippen molar-refractivity contribution < 1.29 is 4.79 Å². The Morgan fingerprint density at radius 2 is 1.71 bits per heavy atom. The van der Waals surface area contributed by atoms with Crippen LogP contribution in [0.5, 0.6) is 0 Å². The number of aromatic nitrogens is 2. The van der Waals surface area contributed by atoms with E-state index >= 15 is 0 Å². The fourth-order valence-corrected chi connectivity index (χ4v) is 3.85. The van der Waals surface area contributed by atoms with Gasteiger partial charge in [-0.15, -0.1) is 0 Å². The number of carbonyl (C=O) groups is 1. The van der Waals surface area contributed by atoms with Crippen LogP contribution in [0.2, 0.25) is 0 Å². The van der Waals surface area contributed by atoms with Crippen molar-refractivity contribution in [3.8, 4) is 0 Å². The van der Waals surface area contributed by atoms with Crippen molar-refractivity contribution in [2.45, 2.75) is 59.3 Å². The summed E-state index contributed by atoms with van der Waals surface area (Å²) in [5, 5.41) is 3.13. The van der Waals surface area contributed by atoms with E-state index in [-0.39, 0.29) is 5.91 Å². The van der Waals surface area contributed by atoms with E-state index in [0.29, 0.717) is 29.3 Å². The Hall–Kier alpha value is -2.43. The molecular formula is C23H32N4O. The second-order valence-corrected chi connectivity index (χ2v) is 8.54. The highest BCUT2D eigenvalue weighted by Gasteiger charge is 2.20. The molecule has 1 aliphatic heterocycles. The standard InChI is InChI=1S/C23H32N4O/c1-15(2)19-9-6-10-20(16(3)4)21(19)26-22(28)18-12-24-23(25-13-18)27-11-7-8-17(5)14-27/h6,9-10,12-13,15-17H,7-8,11,14H2,1-5H3,(H,26,28). The van der Waals surface area contributed by atoms with Crippen molar-refractivity contribution >= 4 is 17.5 Å². The average molecular weight is 381 g/mol. The zero-order valence-electron chi connectivity index (χ0n) is 17.7. The summed E-state index contributed by atoms with van der Waals surface area (Å²) in [5.41, 5.74) is 3.72. The summed E-state index contributed by atoms with van der Waals surface area (Å²) in [6, 6.07) is 6.24. The second-order valence-electron chi connectivity index (χ2n) is 8.54. The highest BCUT2D eigenvalue weighted by molar-refractivity contribution is 6.04. The lowest BCUT2D eigenvalue weighted by Crippen LogP contribution is -2.35. The summed E-state index contributed by atoms with van der Waals surface area (Å²) >= 11 is 0. The first-order chi connectivity index (χ1) is 13.4. The van der Waals surface area contributed by atoms with Crippen molar-refractivity contribution in [2.24, 2.45) is 5.92 Å². The number of hydrogen-bond donors (Lipinski definition) is 1. The van der Waals surface area contributed by atoms with E-state index < -0.39 is 0 Å². The van der Waals surface area contributed by atoms with Crippen LogP contribution >= 0.6 is 0 Å². The van der Waals surface area contributed by atoms with E-state index in [2.05, 4.69) is 73.0 Å². The van der Waals surface area contributed by atoms with Crippen molar-refractivity contribution in [1.29, 1.82) is 0 Å². The van der Waals surface area contributed by atoms with Crippen LogP contribution in [0.3, 0.4) is 0 Å². The summed E-state index contributed by atoms with van der Waals surface area (Å²) in [7, 11) is 0. The molecule has 1 aliphatic rings. The van der Waals surface area contributed by atoms with Gasteiger partial charge < -0.3 is 10.2 Å². The molecule has 1 amide bonds. The van der Waals surface area contributed by atoms with Crippen molar-refractivity contribution in [2.75, 3.05) is 23.3 Å². The van der Waals surface area contributed by atoms with Gasteiger partial charge in [-0.1, -0.05) is 52.8 Å². The quantitative estimate of drug-likeness (QED) is 0.773. The number of anilines is 2. The molecule has 5 heteroatoms. The van der Waals surface area contributed by atoms with Gasteiger partial charge in [0.05, 0.1) is 5.56 Å². The molecule has 5 nitrogen and oxygen atoms in total. The Kier molecular flexibility index (Phi) is 6.32. The Balaban J connectivity index is 1.80. The van der Waals surface area contributed by atoms with Crippen LogP contribution in [0.25, 0.3) is 0 Å². The van der Waals surface area contributed by atoms with Crippen molar-refractivity contribution in [3.05, 3.63) is 47.3 Å². The lowest BCUT2D eigenvalue weighted by Gasteiger charge is -2.30. The lowest BCUT2D eigenvalue weighted by molar-refractivity contribution is 0.102. The predicted octanol–water partition coefficient (Wildman–Crippen LogP) is 5.21. The molecule has 2 heterocycles. The minimum absolute atomic E-state index is 0.159. The van der Waals surface area contributed by atoms with Crippen LogP contribution in [-0.4, -0.2) is 29.0 Å². The smallest absolute Gasteiger partial charge is 0.258 e. The molecular weight excluding hydrogens is 348 g/mol. The third-order valence-electron chi connectivity index (χ3n) is 5.45. The molecule has 1 aromatic heterocycles. The highest BCUT2D eigenvalue weighted by Crippen LogP contribution is 2.32. The van der Waals surface area contributed by atoms with E-state index in [0.717, 1.165) is 36.3 Å². The Morgan fingerprint density at radius 1 is 1.11 bits per heavy atom. The monoisotopic (exact) mass is 380 g/mol. The fourth-order valence-electron chi connectivity index (χ4n) is 3.85. The number of rotatable bonds is 5. The van der Waals surface area contributed by atoms with Crippen LogP contribution < -0.4 is 10.2 Å². The summed E-state index contributed by atoms with van der Waals surface area (Å²) in [5.74, 6) is 1.87. The first kappa shape index (κ1) is 20.3. The number of piperidine rings is 1.